The molecule has 0 aliphatic carbocycles. The molecule has 78 valence electrons. The van der Waals surface area contributed by atoms with Gasteiger partial charge in [-0.2, -0.15) is 12.4 Å². The molecule has 0 spiro atoms. The first kappa shape index (κ1) is 17.3. The monoisotopic (exact) mass is 641 g/mol. The molecular formula is C11H11Ac2N2O-. The van der Waals surface area contributed by atoms with Crippen LogP contribution in [0, 0.1) is 88.1 Å². The number of pyridine rings is 1. The molecule has 2 rings (SSSR count). The third-order valence-electron chi connectivity index (χ3n) is 2.17. The number of aromatic nitrogens is 2. The van der Waals surface area contributed by atoms with Gasteiger partial charge in [0, 0.05) is 101 Å². The van der Waals surface area contributed by atoms with Gasteiger partial charge in [-0.25, -0.2) is 0 Å². The summed E-state index contributed by atoms with van der Waals surface area (Å²) in [5.74, 6) is 0. The Bertz CT molecular complexity index is 415. The second-order valence-corrected chi connectivity index (χ2v) is 3.19. The fourth-order valence-corrected chi connectivity index (χ4v) is 1.44. The summed E-state index contributed by atoms with van der Waals surface area (Å²) in [6.45, 7) is 1.74. The molecule has 0 bridgehead atoms. The van der Waals surface area contributed by atoms with Gasteiger partial charge in [-0.15, -0.1) is 0 Å². The van der Waals surface area contributed by atoms with E-state index in [0.29, 0.717) is 0 Å². The number of nitrogens with zero attached hydrogens (tertiary/aromatic N) is 2. The molecule has 2 heterocycles. The molecule has 5 heteroatoms. The summed E-state index contributed by atoms with van der Waals surface area (Å²) in [7, 11) is 0. The fraction of sp³-hybridized carbons (Fsp3) is 0.182. The van der Waals surface area contributed by atoms with E-state index in [9.17, 15) is 5.11 Å². The van der Waals surface area contributed by atoms with Gasteiger partial charge in [-0.1, -0.05) is 0 Å². The Morgan fingerprint density at radius 2 is 1.81 bits per heavy atom. The molecule has 1 N–H and O–H groups in total. The molecule has 2 aromatic rings. The van der Waals surface area contributed by atoms with Crippen LogP contribution in [0.15, 0.2) is 36.9 Å². The van der Waals surface area contributed by atoms with Crippen LogP contribution in [0.3, 0.4) is 0 Å². The van der Waals surface area contributed by atoms with Gasteiger partial charge in [0.05, 0.1) is 6.10 Å². The van der Waals surface area contributed by atoms with Crippen molar-refractivity contribution in [3.05, 3.63) is 42.5 Å². The molecule has 0 aromatic carbocycles. The van der Waals surface area contributed by atoms with Crippen LogP contribution in [-0.4, -0.2) is 10.1 Å². The summed E-state index contributed by atoms with van der Waals surface area (Å²) in [5.41, 5.74) is 2.87. The maximum Gasteiger partial charge on any atom is 0.0749 e. The average molecular weight is 641 g/mol. The van der Waals surface area contributed by atoms with E-state index >= 15 is 0 Å². The van der Waals surface area contributed by atoms with Crippen molar-refractivity contribution in [2.24, 2.45) is 0 Å². The van der Waals surface area contributed by atoms with Crippen molar-refractivity contribution in [1.82, 2.24) is 9.97 Å². The predicted molar refractivity (Wildman–Crippen MR) is 53.6 cm³/mol. The minimum absolute atomic E-state index is 0. The van der Waals surface area contributed by atoms with E-state index in [1.54, 1.807) is 31.7 Å². The van der Waals surface area contributed by atoms with E-state index in [2.05, 4.69) is 9.97 Å². The maximum atomic E-state index is 9.50. The first-order valence-electron chi connectivity index (χ1n) is 4.48. The molecule has 0 saturated heterocycles. The van der Waals surface area contributed by atoms with Gasteiger partial charge in [0.2, 0.25) is 0 Å². The number of rotatable bonds is 2. The molecule has 2 radical (unpaired) electrons. The van der Waals surface area contributed by atoms with Gasteiger partial charge >= 0.3 is 0 Å². The molecule has 1 atom stereocenters. The third-order valence-corrected chi connectivity index (χ3v) is 2.17. The van der Waals surface area contributed by atoms with Crippen molar-refractivity contribution in [2.75, 3.05) is 0 Å². The second kappa shape index (κ2) is 8.39. The first-order chi connectivity index (χ1) is 6.79. The van der Waals surface area contributed by atoms with Crippen molar-refractivity contribution in [3.8, 4) is 11.1 Å². The zero-order valence-electron chi connectivity index (χ0n) is 9.04. The standard InChI is InChI=1S/C11H11N2O.2Ac/c1-8(14)10-6-13-7-11(10)9-2-4-12-5-3-9;;/h2-8,14H,1H3;;/q-1;;. The van der Waals surface area contributed by atoms with E-state index in [1.807, 2.05) is 12.1 Å². The normalized spacial score (nSPS) is 11.1. The van der Waals surface area contributed by atoms with Crippen molar-refractivity contribution in [3.63, 3.8) is 0 Å². The van der Waals surface area contributed by atoms with Gasteiger partial charge in [-0.05, 0) is 35.7 Å². The minimum Gasteiger partial charge on any atom is -0.670 e. The quantitative estimate of drug-likeness (QED) is 0.545. The van der Waals surface area contributed by atoms with Gasteiger partial charge in [-0.3, -0.25) is 4.98 Å². The summed E-state index contributed by atoms with van der Waals surface area (Å²) in [4.78, 5) is 7.99. The van der Waals surface area contributed by atoms with Crippen LogP contribution in [0.5, 0.6) is 0 Å². The van der Waals surface area contributed by atoms with Gasteiger partial charge in [0.1, 0.15) is 0 Å². The second-order valence-electron chi connectivity index (χ2n) is 3.19. The summed E-state index contributed by atoms with van der Waals surface area (Å²) in [6.07, 6.45) is 6.43. The molecule has 0 fully saturated rings. The van der Waals surface area contributed by atoms with Crippen LogP contribution >= 0.6 is 0 Å². The topological polar surface area (TPSA) is 47.2 Å². The molecule has 16 heavy (non-hydrogen) atoms. The Kier molecular flexibility index (Phi) is 9.06. The van der Waals surface area contributed by atoms with Gasteiger partial charge < -0.3 is 10.1 Å². The number of hydrogen-bond donors (Lipinski definition) is 1. The molecule has 3 nitrogen and oxygen atoms in total. The molecule has 0 saturated carbocycles. The summed E-state index contributed by atoms with van der Waals surface area (Å²) in [6, 6.07) is 3.81. The van der Waals surface area contributed by atoms with E-state index in [0.717, 1.165) is 16.7 Å². The summed E-state index contributed by atoms with van der Waals surface area (Å²) < 4.78 is 0. The maximum absolute atomic E-state index is 9.50. The molecule has 2 aromatic heterocycles. The van der Waals surface area contributed by atoms with Crippen molar-refractivity contribution in [1.29, 1.82) is 0 Å². The number of aliphatic hydroxyl groups excluding tert-OH is 1. The van der Waals surface area contributed by atoms with E-state index in [-0.39, 0.29) is 88.1 Å². The van der Waals surface area contributed by atoms with E-state index in [4.69, 9.17) is 0 Å². The van der Waals surface area contributed by atoms with Gasteiger partial charge in [0.25, 0.3) is 0 Å². The Balaban J connectivity index is 0.00000112. The van der Waals surface area contributed by atoms with E-state index < -0.39 is 6.10 Å². The SMILES string of the molecule is CC(O)c1c[n-]cc1-c1ccncc1.[Ac].[Ac]. The Hall–Kier alpha value is 1.27. The number of aliphatic hydroxyl groups is 1. The smallest absolute Gasteiger partial charge is 0.0749 e. The van der Waals surface area contributed by atoms with Crippen molar-refractivity contribution in [2.45, 2.75) is 13.0 Å². The zero-order chi connectivity index (χ0) is 9.97. The van der Waals surface area contributed by atoms with Crippen LogP contribution in [0.4, 0.5) is 0 Å². The minimum atomic E-state index is -0.485. The van der Waals surface area contributed by atoms with Crippen LogP contribution in [-0.2, 0) is 0 Å². The van der Waals surface area contributed by atoms with Crippen LogP contribution in [0.25, 0.3) is 11.1 Å². The zero-order valence-corrected chi connectivity index (χ0v) is 18.5. The summed E-state index contributed by atoms with van der Waals surface area (Å²) in [5, 5.41) is 9.50. The third kappa shape index (κ3) is 4.18. The largest absolute Gasteiger partial charge is 0.670 e. The first-order valence-corrected chi connectivity index (χ1v) is 4.48. The van der Waals surface area contributed by atoms with Gasteiger partial charge in [0.15, 0.2) is 0 Å². The predicted octanol–water partition coefficient (Wildman–Crippen LogP) is 1.76. The average Bonchev–Trinajstić information content (AvgIpc) is 2.67. The van der Waals surface area contributed by atoms with Crippen LogP contribution in [0.2, 0.25) is 0 Å². The van der Waals surface area contributed by atoms with E-state index in [1.165, 1.54) is 0 Å². The van der Waals surface area contributed by atoms with Crippen molar-refractivity contribution < 1.29 is 93.2 Å². The number of hydrogen-bond acceptors (Lipinski definition) is 2. The Morgan fingerprint density at radius 1 is 1.19 bits per heavy atom. The molecule has 1 unspecified atom stereocenters. The molecule has 0 amide bonds. The molecule has 0 aliphatic rings. The summed E-state index contributed by atoms with van der Waals surface area (Å²) >= 11 is 0. The van der Waals surface area contributed by atoms with Crippen molar-refractivity contribution >= 4 is 0 Å². The molecular weight excluding hydrogens is 630 g/mol. The molecule has 0 aliphatic heterocycles. The fourth-order valence-electron chi connectivity index (χ4n) is 1.44. The Morgan fingerprint density at radius 3 is 2.38 bits per heavy atom. The van der Waals surface area contributed by atoms with Crippen LogP contribution < -0.4 is 4.98 Å². The Labute approximate surface area is 167 Å². The van der Waals surface area contributed by atoms with Crippen LogP contribution in [0.1, 0.15) is 18.6 Å².